The summed E-state index contributed by atoms with van der Waals surface area (Å²) in [5.74, 6) is 1.55. The van der Waals surface area contributed by atoms with Gasteiger partial charge < -0.3 is 24.2 Å². The summed E-state index contributed by atoms with van der Waals surface area (Å²) < 4.78 is 17.2. The molecule has 4 atom stereocenters. The Kier molecular flexibility index (Phi) is 5.98. The number of benzene rings is 1. The van der Waals surface area contributed by atoms with Crippen LogP contribution in [0, 0.1) is 0 Å². The Balaban J connectivity index is 1.39. The van der Waals surface area contributed by atoms with Crippen LogP contribution in [0.15, 0.2) is 24.3 Å². The molecule has 0 radical (unpaired) electrons. The number of fused-ring (bicyclic) bond motifs is 1. The van der Waals surface area contributed by atoms with E-state index in [-0.39, 0.29) is 6.10 Å². The van der Waals surface area contributed by atoms with Crippen LogP contribution in [0.2, 0.25) is 0 Å². The number of aliphatic hydroxyl groups excluding tert-OH is 1. The molecule has 0 aliphatic carbocycles. The minimum atomic E-state index is -0.431. The molecule has 5 nitrogen and oxygen atoms in total. The van der Waals surface area contributed by atoms with Gasteiger partial charge in [0.25, 0.3) is 0 Å². The van der Waals surface area contributed by atoms with Crippen LogP contribution in [-0.2, 0) is 4.74 Å². The maximum absolute atomic E-state index is 10.3. The lowest BCUT2D eigenvalue weighted by Crippen LogP contribution is -3.20. The van der Waals surface area contributed by atoms with E-state index in [1.807, 2.05) is 24.3 Å². The van der Waals surface area contributed by atoms with Gasteiger partial charge in [-0.15, -0.1) is 0 Å². The normalized spacial score (nSPS) is 28.5. The molecule has 134 valence electrons. The fourth-order valence-corrected chi connectivity index (χ4v) is 3.80. The molecule has 1 aromatic carbocycles. The van der Waals surface area contributed by atoms with Crippen LogP contribution in [0.3, 0.4) is 0 Å². The molecule has 5 heteroatoms. The van der Waals surface area contributed by atoms with E-state index >= 15 is 0 Å². The molecule has 0 unspecified atom stereocenters. The van der Waals surface area contributed by atoms with Crippen molar-refractivity contribution >= 4 is 0 Å². The summed E-state index contributed by atoms with van der Waals surface area (Å²) in [7, 11) is 0. The van der Waals surface area contributed by atoms with E-state index in [1.165, 1.54) is 24.2 Å². The van der Waals surface area contributed by atoms with Gasteiger partial charge in [-0.1, -0.05) is 12.1 Å². The first-order chi connectivity index (χ1) is 11.6. The number of quaternary nitrogens is 1. The Morgan fingerprint density at radius 2 is 1.92 bits per heavy atom. The summed E-state index contributed by atoms with van der Waals surface area (Å²) in [6.45, 7) is 6.59. The van der Waals surface area contributed by atoms with Crippen molar-refractivity contribution in [2.24, 2.45) is 0 Å². The van der Waals surface area contributed by atoms with E-state index in [1.54, 1.807) is 0 Å². The summed E-state index contributed by atoms with van der Waals surface area (Å²) in [6.07, 6.45) is 3.26. The van der Waals surface area contributed by atoms with E-state index in [9.17, 15) is 5.11 Å². The van der Waals surface area contributed by atoms with E-state index < -0.39 is 6.10 Å². The molecule has 1 fully saturated rings. The van der Waals surface area contributed by atoms with Gasteiger partial charge in [-0.05, 0) is 45.2 Å². The molecular formula is C19H30NO4+. The molecule has 0 amide bonds. The second-order valence-corrected chi connectivity index (χ2v) is 7.20. The number of ether oxygens (including phenoxy) is 3. The predicted octanol–water partition coefficient (Wildman–Crippen LogP) is 1.05. The van der Waals surface area contributed by atoms with Gasteiger partial charge in [0.05, 0.1) is 25.3 Å². The molecule has 2 N–H and O–H groups in total. The third-order valence-corrected chi connectivity index (χ3v) is 5.19. The van der Waals surface area contributed by atoms with Gasteiger partial charge in [0.15, 0.2) is 17.6 Å². The van der Waals surface area contributed by atoms with Crippen molar-refractivity contribution in [2.45, 2.75) is 57.4 Å². The Hall–Kier alpha value is -1.30. The zero-order valence-electron chi connectivity index (χ0n) is 14.7. The van der Waals surface area contributed by atoms with E-state index in [2.05, 4.69) is 13.8 Å². The van der Waals surface area contributed by atoms with Crippen LogP contribution >= 0.6 is 0 Å². The highest BCUT2D eigenvalue weighted by atomic mass is 16.6. The van der Waals surface area contributed by atoms with Crippen molar-refractivity contribution in [3.8, 4) is 11.5 Å². The maximum atomic E-state index is 10.3. The van der Waals surface area contributed by atoms with Crippen LogP contribution in [0.5, 0.6) is 11.5 Å². The van der Waals surface area contributed by atoms with Gasteiger partial charge in [0.2, 0.25) is 0 Å². The van der Waals surface area contributed by atoms with Crippen molar-refractivity contribution in [3.05, 3.63) is 24.3 Å². The lowest BCUT2D eigenvalue weighted by molar-refractivity contribution is -0.954. The Labute approximate surface area is 144 Å². The van der Waals surface area contributed by atoms with Crippen LogP contribution in [0.4, 0.5) is 0 Å². The lowest BCUT2D eigenvalue weighted by atomic mass is 9.97. The lowest BCUT2D eigenvalue weighted by Gasteiger charge is -2.36. The van der Waals surface area contributed by atoms with Crippen molar-refractivity contribution in [2.75, 3.05) is 26.4 Å². The third kappa shape index (κ3) is 4.41. The molecule has 24 heavy (non-hydrogen) atoms. The van der Waals surface area contributed by atoms with Gasteiger partial charge in [-0.3, -0.25) is 0 Å². The van der Waals surface area contributed by atoms with Gasteiger partial charge in [-0.25, -0.2) is 0 Å². The molecule has 0 aromatic heterocycles. The van der Waals surface area contributed by atoms with Crippen LogP contribution in [0.25, 0.3) is 0 Å². The summed E-state index contributed by atoms with van der Waals surface area (Å²) in [6, 6.07) is 8.91. The molecular weight excluding hydrogens is 306 g/mol. The summed E-state index contributed by atoms with van der Waals surface area (Å²) >= 11 is 0. The summed E-state index contributed by atoms with van der Waals surface area (Å²) in [5.41, 5.74) is 0. The molecule has 0 bridgehead atoms. The average Bonchev–Trinajstić information content (AvgIpc) is 2.58. The van der Waals surface area contributed by atoms with Gasteiger partial charge in [0.1, 0.15) is 19.3 Å². The highest BCUT2D eigenvalue weighted by Crippen LogP contribution is 2.30. The van der Waals surface area contributed by atoms with Gasteiger partial charge >= 0.3 is 0 Å². The second-order valence-electron chi connectivity index (χ2n) is 7.20. The Bertz CT molecular complexity index is 514. The molecule has 1 saturated heterocycles. The number of rotatable bonds is 6. The van der Waals surface area contributed by atoms with Gasteiger partial charge in [0, 0.05) is 0 Å². The monoisotopic (exact) mass is 336 g/mol. The molecule has 1 aromatic rings. The first-order valence-corrected chi connectivity index (χ1v) is 9.13. The molecule has 0 spiro atoms. The number of hydrogen-bond acceptors (Lipinski definition) is 4. The number of nitrogens with one attached hydrogen (secondary N) is 1. The largest absolute Gasteiger partial charge is 0.486 e. The predicted molar refractivity (Wildman–Crippen MR) is 91.8 cm³/mol. The highest BCUT2D eigenvalue weighted by molar-refractivity contribution is 5.40. The molecule has 0 saturated carbocycles. The van der Waals surface area contributed by atoms with Crippen molar-refractivity contribution in [1.82, 2.24) is 0 Å². The summed E-state index contributed by atoms with van der Waals surface area (Å²) in [4.78, 5) is 1.50. The number of para-hydroxylation sites is 2. The molecule has 2 heterocycles. The standard InChI is InChI=1S/C19H29NO4/c1-14-6-5-7-15(2)20(14)10-16(21)11-22-12-17-13-23-18-8-3-4-9-19(18)24-17/h3-4,8-9,14-17,21H,5-7,10-13H2,1-2H3/p+1/t14-,15-,16-,17+/m1/s1. The van der Waals surface area contributed by atoms with Crippen molar-refractivity contribution < 1.29 is 24.2 Å². The topological polar surface area (TPSA) is 52.4 Å². The van der Waals surface area contributed by atoms with E-state index in [0.717, 1.165) is 18.0 Å². The van der Waals surface area contributed by atoms with Crippen LogP contribution < -0.4 is 14.4 Å². The zero-order chi connectivity index (χ0) is 16.9. The zero-order valence-corrected chi connectivity index (χ0v) is 14.7. The third-order valence-electron chi connectivity index (χ3n) is 5.19. The average molecular weight is 336 g/mol. The fraction of sp³-hybridized carbons (Fsp3) is 0.684. The number of hydrogen-bond donors (Lipinski definition) is 2. The maximum Gasteiger partial charge on any atom is 0.161 e. The number of piperidine rings is 1. The Morgan fingerprint density at radius 3 is 2.67 bits per heavy atom. The first-order valence-electron chi connectivity index (χ1n) is 9.13. The fourth-order valence-electron chi connectivity index (χ4n) is 3.80. The minimum Gasteiger partial charge on any atom is -0.486 e. The van der Waals surface area contributed by atoms with Crippen LogP contribution in [-0.4, -0.2) is 55.8 Å². The molecule has 3 rings (SSSR count). The molecule has 2 aliphatic heterocycles. The van der Waals surface area contributed by atoms with Crippen LogP contribution in [0.1, 0.15) is 33.1 Å². The summed E-state index contributed by atoms with van der Waals surface area (Å²) in [5, 5.41) is 10.3. The second kappa shape index (κ2) is 8.19. The quantitative estimate of drug-likeness (QED) is 0.815. The minimum absolute atomic E-state index is 0.118. The van der Waals surface area contributed by atoms with Crippen molar-refractivity contribution in [3.63, 3.8) is 0 Å². The first kappa shape index (κ1) is 17.5. The SMILES string of the molecule is C[C@@H]1CCC[C@@H](C)[NH+]1C[C@@H](O)COC[C@H]1COc2ccccc2O1. The van der Waals surface area contributed by atoms with Crippen molar-refractivity contribution in [1.29, 1.82) is 0 Å². The van der Waals surface area contributed by atoms with E-state index in [0.29, 0.717) is 31.9 Å². The molecule has 2 aliphatic rings. The van der Waals surface area contributed by atoms with Gasteiger partial charge in [-0.2, -0.15) is 0 Å². The van der Waals surface area contributed by atoms with E-state index in [4.69, 9.17) is 14.2 Å². The smallest absolute Gasteiger partial charge is 0.161 e. The highest BCUT2D eigenvalue weighted by Gasteiger charge is 2.30. The number of likely N-dealkylation sites (tertiary alicyclic amines) is 1. The Morgan fingerprint density at radius 1 is 1.21 bits per heavy atom. The number of aliphatic hydroxyl groups is 1.